The highest BCUT2D eigenvalue weighted by Gasteiger charge is 2.12. The quantitative estimate of drug-likeness (QED) is 0.820. The Balaban J connectivity index is 2.51. The molecule has 0 aliphatic carbocycles. The Hall–Kier alpha value is -1.16. The molecule has 0 aliphatic heterocycles. The third-order valence-corrected chi connectivity index (χ3v) is 1.91. The minimum absolute atomic E-state index is 0.386. The fourth-order valence-corrected chi connectivity index (χ4v) is 1.15. The van der Waals surface area contributed by atoms with E-state index in [0.29, 0.717) is 19.0 Å². The second-order valence-corrected chi connectivity index (χ2v) is 4.34. The second kappa shape index (κ2) is 4.57. The molecule has 4 nitrogen and oxygen atoms in total. The number of hydrogen-bond acceptors (Lipinski definition) is 4. The lowest BCUT2D eigenvalue weighted by Crippen LogP contribution is -2.22. The molecular weight excluding hydrogens is 192 g/mol. The predicted octanol–water partition coefficient (Wildman–Crippen LogP) is 1.63. The first kappa shape index (κ1) is 11.9. The number of ether oxygens (including phenoxy) is 1. The fraction of sp³-hybridized carbons (Fsp3) is 0.636. The lowest BCUT2D eigenvalue weighted by atomic mass is 10.1. The monoisotopic (exact) mass is 210 g/mol. The van der Waals surface area contributed by atoms with Crippen molar-refractivity contribution in [2.45, 2.75) is 39.7 Å². The van der Waals surface area contributed by atoms with E-state index in [-0.39, 0.29) is 0 Å². The van der Waals surface area contributed by atoms with Crippen LogP contribution in [0, 0.1) is 13.8 Å². The van der Waals surface area contributed by atoms with Crippen molar-refractivity contribution in [1.82, 2.24) is 9.97 Å². The number of aromatic nitrogens is 2. The van der Waals surface area contributed by atoms with Crippen LogP contribution in [0.4, 0.5) is 0 Å². The van der Waals surface area contributed by atoms with Gasteiger partial charge in [-0.05, 0) is 33.8 Å². The molecule has 0 unspecified atom stereocenters. The molecule has 0 radical (unpaired) electrons. The summed E-state index contributed by atoms with van der Waals surface area (Å²) in [6.45, 7) is 7.72. The van der Waals surface area contributed by atoms with Gasteiger partial charge in [-0.1, -0.05) is 0 Å². The molecule has 1 aromatic heterocycles. The molecule has 1 rings (SSSR count). The van der Waals surface area contributed by atoms with Crippen molar-refractivity contribution in [3.8, 4) is 6.01 Å². The number of aryl methyl sites for hydroxylation is 2. The van der Waals surface area contributed by atoms with Gasteiger partial charge >= 0.3 is 6.01 Å². The van der Waals surface area contributed by atoms with Crippen LogP contribution in [-0.2, 0) is 0 Å². The van der Waals surface area contributed by atoms with Gasteiger partial charge in [0.1, 0.15) is 0 Å². The first-order valence-corrected chi connectivity index (χ1v) is 5.04. The van der Waals surface area contributed by atoms with Crippen LogP contribution in [0.3, 0.4) is 0 Å². The molecule has 84 valence electrons. The minimum atomic E-state index is -0.709. The molecule has 0 aromatic carbocycles. The fourth-order valence-electron chi connectivity index (χ4n) is 1.15. The van der Waals surface area contributed by atoms with Gasteiger partial charge in [0.2, 0.25) is 0 Å². The van der Waals surface area contributed by atoms with Crippen molar-refractivity contribution in [1.29, 1.82) is 0 Å². The lowest BCUT2D eigenvalue weighted by Gasteiger charge is -2.16. The molecule has 1 N–H and O–H groups in total. The van der Waals surface area contributed by atoms with E-state index in [2.05, 4.69) is 9.97 Å². The van der Waals surface area contributed by atoms with Gasteiger partial charge in [-0.3, -0.25) is 0 Å². The van der Waals surface area contributed by atoms with Gasteiger partial charge in [-0.15, -0.1) is 0 Å². The summed E-state index contributed by atoms with van der Waals surface area (Å²) in [6.07, 6.45) is 0.559. The van der Waals surface area contributed by atoms with E-state index >= 15 is 0 Å². The van der Waals surface area contributed by atoms with Crippen molar-refractivity contribution in [3.05, 3.63) is 17.5 Å². The predicted molar refractivity (Wildman–Crippen MR) is 57.9 cm³/mol. The van der Waals surface area contributed by atoms with Crippen LogP contribution in [0.5, 0.6) is 6.01 Å². The molecule has 15 heavy (non-hydrogen) atoms. The van der Waals surface area contributed by atoms with Crippen molar-refractivity contribution >= 4 is 0 Å². The molecule has 1 aromatic rings. The van der Waals surface area contributed by atoms with Crippen molar-refractivity contribution in [3.63, 3.8) is 0 Å². The molecule has 1 heterocycles. The van der Waals surface area contributed by atoms with E-state index in [9.17, 15) is 5.11 Å². The first-order valence-electron chi connectivity index (χ1n) is 5.04. The summed E-state index contributed by atoms with van der Waals surface area (Å²) in [5, 5.41) is 9.48. The van der Waals surface area contributed by atoms with Gasteiger partial charge in [0.05, 0.1) is 12.2 Å². The normalized spacial score (nSPS) is 11.5. The molecule has 0 atom stereocenters. The largest absolute Gasteiger partial charge is 0.463 e. The van der Waals surface area contributed by atoms with E-state index in [1.54, 1.807) is 13.8 Å². The van der Waals surface area contributed by atoms with Crippen LogP contribution in [0.1, 0.15) is 31.7 Å². The SMILES string of the molecule is Cc1cc(C)nc(OCCC(C)(C)O)n1. The average molecular weight is 210 g/mol. The molecule has 4 heteroatoms. The Morgan fingerprint density at radius 1 is 1.27 bits per heavy atom. The van der Waals surface area contributed by atoms with Gasteiger partial charge in [0, 0.05) is 17.8 Å². The number of nitrogens with zero attached hydrogens (tertiary/aromatic N) is 2. The van der Waals surface area contributed by atoms with Crippen LogP contribution in [0.25, 0.3) is 0 Å². The summed E-state index contributed by atoms with van der Waals surface area (Å²) in [6, 6.07) is 2.28. The standard InChI is InChI=1S/C11H18N2O2/c1-8-7-9(2)13-10(12-8)15-6-5-11(3,4)14/h7,14H,5-6H2,1-4H3. The van der Waals surface area contributed by atoms with Crippen molar-refractivity contribution in [2.24, 2.45) is 0 Å². The summed E-state index contributed by atoms with van der Waals surface area (Å²) < 4.78 is 5.36. The summed E-state index contributed by atoms with van der Waals surface area (Å²) >= 11 is 0. The Kier molecular flexibility index (Phi) is 3.63. The molecule has 0 saturated carbocycles. The molecule has 0 saturated heterocycles. The lowest BCUT2D eigenvalue weighted by molar-refractivity contribution is 0.0539. The molecular formula is C11H18N2O2. The minimum Gasteiger partial charge on any atom is -0.463 e. The Morgan fingerprint density at radius 3 is 2.27 bits per heavy atom. The highest BCUT2D eigenvalue weighted by molar-refractivity contribution is 5.10. The number of aliphatic hydroxyl groups is 1. The van der Waals surface area contributed by atoms with Crippen LogP contribution >= 0.6 is 0 Å². The summed E-state index contributed by atoms with van der Waals surface area (Å²) in [5.74, 6) is 0. The summed E-state index contributed by atoms with van der Waals surface area (Å²) in [7, 11) is 0. The van der Waals surface area contributed by atoms with Gasteiger partial charge < -0.3 is 9.84 Å². The van der Waals surface area contributed by atoms with Crippen LogP contribution in [0.2, 0.25) is 0 Å². The van der Waals surface area contributed by atoms with E-state index in [1.807, 2.05) is 19.9 Å². The van der Waals surface area contributed by atoms with Crippen LogP contribution in [-0.4, -0.2) is 27.3 Å². The first-order chi connectivity index (χ1) is 6.87. The zero-order valence-corrected chi connectivity index (χ0v) is 9.74. The number of rotatable bonds is 4. The van der Waals surface area contributed by atoms with Gasteiger partial charge in [-0.25, -0.2) is 9.97 Å². The Labute approximate surface area is 90.3 Å². The van der Waals surface area contributed by atoms with Gasteiger partial charge in [-0.2, -0.15) is 0 Å². The third-order valence-electron chi connectivity index (χ3n) is 1.91. The third kappa shape index (κ3) is 4.74. The van der Waals surface area contributed by atoms with Crippen molar-refractivity contribution < 1.29 is 9.84 Å². The molecule has 0 bridgehead atoms. The number of hydrogen-bond donors (Lipinski definition) is 1. The van der Waals surface area contributed by atoms with E-state index in [0.717, 1.165) is 11.4 Å². The molecule has 0 fully saturated rings. The molecule has 0 spiro atoms. The topological polar surface area (TPSA) is 55.2 Å². The highest BCUT2D eigenvalue weighted by Crippen LogP contribution is 2.10. The smallest absolute Gasteiger partial charge is 0.316 e. The van der Waals surface area contributed by atoms with E-state index in [4.69, 9.17) is 4.74 Å². The Morgan fingerprint density at radius 2 is 1.80 bits per heavy atom. The molecule has 0 amide bonds. The van der Waals surface area contributed by atoms with E-state index in [1.165, 1.54) is 0 Å². The maximum absolute atomic E-state index is 9.48. The second-order valence-electron chi connectivity index (χ2n) is 4.34. The summed E-state index contributed by atoms with van der Waals surface area (Å²) in [5.41, 5.74) is 1.07. The zero-order valence-electron chi connectivity index (χ0n) is 9.74. The maximum Gasteiger partial charge on any atom is 0.316 e. The van der Waals surface area contributed by atoms with Crippen molar-refractivity contribution in [2.75, 3.05) is 6.61 Å². The van der Waals surface area contributed by atoms with Crippen LogP contribution < -0.4 is 4.74 Å². The molecule has 0 aliphatic rings. The zero-order chi connectivity index (χ0) is 11.5. The van der Waals surface area contributed by atoms with Crippen LogP contribution in [0.15, 0.2) is 6.07 Å². The van der Waals surface area contributed by atoms with E-state index < -0.39 is 5.60 Å². The Bertz CT molecular complexity index is 312. The maximum atomic E-state index is 9.48. The van der Waals surface area contributed by atoms with Gasteiger partial charge in [0.25, 0.3) is 0 Å². The highest BCUT2D eigenvalue weighted by atomic mass is 16.5. The average Bonchev–Trinajstić information content (AvgIpc) is 1.99. The summed E-state index contributed by atoms with van der Waals surface area (Å²) in [4.78, 5) is 8.28. The van der Waals surface area contributed by atoms with Gasteiger partial charge in [0.15, 0.2) is 0 Å².